The van der Waals surface area contributed by atoms with Gasteiger partial charge in [-0.05, 0) is 88.6 Å². The molecule has 1 amide bonds. The third-order valence-electron chi connectivity index (χ3n) is 9.11. The highest BCUT2D eigenvalue weighted by molar-refractivity contribution is 6.24. The van der Waals surface area contributed by atoms with Crippen LogP contribution < -0.4 is 5.73 Å². The number of amides is 1. The zero-order chi connectivity index (χ0) is 29.4. The summed E-state index contributed by atoms with van der Waals surface area (Å²) in [5.74, 6) is -5.41. The molecule has 0 radical (unpaired) electrons. The van der Waals surface area contributed by atoms with Crippen molar-refractivity contribution in [1.82, 2.24) is 9.80 Å². The average molecular weight is 564 g/mol. The van der Waals surface area contributed by atoms with Crippen molar-refractivity contribution >= 4 is 23.2 Å². The Morgan fingerprint density at radius 3 is 2.49 bits per heavy atom. The van der Waals surface area contributed by atoms with Crippen LogP contribution in [-0.2, 0) is 27.3 Å². The summed E-state index contributed by atoms with van der Waals surface area (Å²) in [5.41, 5.74) is 2.95. The minimum absolute atomic E-state index is 0.0270. The molecule has 216 valence electrons. The number of ketones is 2. The SMILES string of the molecule is CN(C)[C@H]1C(=O)C(C(N)=O)=C(O)[C@@]2(O)C(=O)C3=C(O)c4c(O)ccc(-c5ccc(CN6CCCC6)o5)c4CC3C[C@@H]12. The lowest BCUT2D eigenvalue weighted by Crippen LogP contribution is -2.65. The van der Waals surface area contributed by atoms with Crippen molar-refractivity contribution in [1.29, 1.82) is 0 Å². The number of phenolic OH excluding ortho intramolecular Hbond substituents is 1. The Labute approximate surface area is 236 Å². The van der Waals surface area contributed by atoms with Crippen molar-refractivity contribution in [2.45, 2.75) is 43.9 Å². The van der Waals surface area contributed by atoms with Gasteiger partial charge in [0.2, 0.25) is 5.78 Å². The highest BCUT2D eigenvalue weighted by Gasteiger charge is 2.64. The molecular formula is C30H33N3O8. The van der Waals surface area contributed by atoms with Crippen molar-refractivity contribution < 1.29 is 39.2 Å². The molecule has 11 heteroatoms. The van der Waals surface area contributed by atoms with E-state index < -0.39 is 58.0 Å². The predicted molar refractivity (Wildman–Crippen MR) is 146 cm³/mol. The van der Waals surface area contributed by atoms with Gasteiger partial charge in [0.25, 0.3) is 5.91 Å². The summed E-state index contributed by atoms with van der Waals surface area (Å²) in [6.45, 7) is 2.70. The van der Waals surface area contributed by atoms with E-state index in [1.165, 1.54) is 11.0 Å². The van der Waals surface area contributed by atoms with E-state index in [0.29, 0.717) is 23.4 Å². The summed E-state index contributed by atoms with van der Waals surface area (Å²) in [7, 11) is 3.14. The van der Waals surface area contributed by atoms with E-state index in [9.17, 15) is 34.8 Å². The second-order valence-corrected chi connectivity index (χ2v) is 11.7. The Morgan fingerprint density at radius 1 is 1.12 bits per heavy atom. The van der Waals surface area contributed by atoms with Crippen LogP contribution in [0.15, 0.2) is 45.6 Å². The summed E-state index contributed by atoms with van der Waals surface area (Å²) >= 11 is 0. The van der Waals surface area contributed by atoms with Crippen LogP contribution in [0, 0.1) is 11.8 Å². The van der Waals surface area contributed by atoms with Gasteiger partial charge in [-0.1, -0.05) is 0 Å². The quantitative estimate of drug-likeness (QED) is 0.337. The van der Waals surface area contributed by atoms with E-state index in [1.54, 1.807) is 20.2 Å². The van der Waals surface area contributed by atoms with Gasteiger partial charge in [0.1, 0.15) is 34.4 Å². The van der Waals surface area contributed by atoms with Crippen LogP contribution in [-0.4, -0.2) is 86.5 Å². The number of rotatable bonds is 5. The summed E-state index contributed by atoms with van der Waals surface area (Å²) in [5, 5.41) is 45.0. The maximum Gasteiger partial charge on any atom is 0.255 e. The molecule has 41 heavy (non-hydrogen) atoms. The highest BCUT2D eigenvalue weighted by atomic mass is 16.4. The van der Waals surface area contributed by atoms with E-state index >= 15 is 0 Å². The Balaban J connectivity index is 1.46. The molecule has 0 spiro atoms. The summed E-state index contributed by atoms with van der Waals surface area (Å²) in [6, 6.07) is 5.72. The van der Waals surface area contributed by atoms with E-state index in [1.807, 2.05) is 12.1 Å². The van der Waals surface area contributed by atoms with Crippen molar-refractivity contribution in [2.24, 2.45) is 17.6 Å². The second kappa shape index (κ2) is 9.57. The number of hydrogen-bond acceptors (Lipinski definition) is 10. The van der Waals surface area contributed by atoms with E-state index in [4.69, 9.17) is 10.2 Å². The number of primary amides is 1. The molecule has 2 aromatic rings. The summed E-state index contributed by atoms with van der Waals surface area (Å²) < 4.78 is 6.18. The molecule has 11 nitrogen and oxygen atoms in total. The number of fused-ring (bicyclic) bond motifs is 3. The fourth-order valence-electron chi connectivity index (χ4n) is 7.24. The molecule has 4 atom stereocenters. The van der Waals surface area contributed by atoms with Gasteiger partial charge in [0.05, 0.1) is 18.2 Å². The number of aromatic hydroxyl groups is 1. The molecule has 1 saturated heterocycles. The van der Waals surface area contributed by atoms with Gasteiger partial charge in [-0.15, -0.1) is 0 Å². The number of aliphatic hydroxyl groups excluding tert-OH is 2. The first-order valence-electron chi connectivity index (χ1n) is 13.8. The third kappa shape index (κ3) is 3.94. The number of furan rings is 1. The zero-order valence-corrected chi connectivity index (χ0v) is 22.9. The monoisotopic (exact) mass is 563 g/mol. The highest BCUT2D eigenvalue weighted by Crippen LogP contribution is 2.53. The first-order valence-corrected chi connectivity index (χ1v) is 13.8. The van der Waals surface area contributed by atoms with Crippen LogP contribution in [0.3, 0.4) is 0 Å². The number of carbonyl (C=O) groups is 3. The number of nitrogens with zero attached hydrogens (tertiary/aromatic N) is 2. The zero-order valence-electron chi connectivity index (χ0n) is 22.9. The summed E-state index contributed by atoms with van der Waals surface area (Å²) in [4.78, 5) is 43.2. The van der Waals surface area contributed by atoms with Gasteiger partial charge in [-0.2, -0.15) is 0 Å². The molecule has 4 aliphatic rings. The number of hydrogen-bond donors (Lipinski definition) is 5. The lowest BCUT2D eigenvalue weighted by molar-refractivity contribution is -0.153. The average Bonchev–Trinajstić information content (AvgIpc) is 3.59. The molecule has 6 rings (SSSR count). The summed E-state index contributed by atoms with van der Waals surface area (Å²) in [6.07, 6.45) is 2.53. The van der Waals surface area contributed by atoms with Crippen LogP contribution in [0.1, 0.15) is 36.1 Å². The van der Waals surface area contributed by atoms with Gasteiger partial charge in [0.15, 0.2) is 11.4 Å². The minimum Gasteiger partial charge on any atom is -0.508 e. The topological polar surface area (TPSA) is 178 Å². The Hall–Kier alpha value is -3.93. The number of likely N-dealkylation sites (tertiary alicyclic amines) is 1. The molecule has 1 aromatic carbocycles. The van der Waals surface area contributed by atoms with E-state index in [-0.39, 0.29) is 29.7 Å². The van der Waals surface area contributed by atoms with Crippen LogP contribution in [0.5, 0.6) is 5.75 Å². The van der Waals surface area contributed by atoms with Gasteiger partial charge in [-0.3, -0.25) is 24.2 Å². The standard InChI is InChI=1S/C30H33N3O8/c1-32(2)24-18-12-14-11-17-16(20-8-5-15(41-20)13-33-9-3-4-10-33)6-7-19(34)22(17)25(35)21(14)27(37)30(18,40)28(38)23(26(24)36)29(31)39/h5-8,14,18,24,34-35,38,40H,3-4,9-13H2,1-2H3,(H2,31,39)/t14?,18-,24+,30-/m0/s1. The van der Waals surface area contributed by atoms with Crippen molar-refractivity contribution in [3.63, 3.8) is 0 Å². The van der Waals surface area contributed by atoms with Crippen molar-refractivity contribution in [3.8, 4) is 17.1 Å². The molecule has 1 aromatic heterocycles. The Kier molecular flexibility index (Phi) is 6.36. The molecule has 3 aliphatic carbocycles. The smallest absolute Gasteiger partial charge is 0.255 e. The first kappa shape index (κ1) is 27.3. The normalized spacial score (nSPS) is 28.2. The molecule has 1 aliphatic heterocycles. The fourth-order valence-corrected chi connectivity index (χ4v) is 7.24. The third-order valence-corrected chi connectivity index (χ3v) is 9.11. The number of aliphatic hydroxyl groups is 3. The molecule has 0 bridgehead atoms. The largest absolute Gasteiger partial charge is 0.508 e. The number of nitrogens with two attached hydrogens (primary N) is 1. The molecule has 1 unspecified atom stereocenters. The predicted octanol–water partition coefficient (Wildman–Crippen LogP) is 1.82. The number of benzene rings is 1. The van der Waals surface area contributed by atoms with E-state index in [0.717, 1.165) is 31.7 Å². The van der Waals surface area contributed by atoms with Gasteiger partial charge in [0, 0.05) is 17.1 Å². The van der Waals surface area contributed by atoms with Crippen LogP contribution in [0.25, 0.3) is 17.1 Å². The Bertz CT molecular complexity index is 1550. The number of Topliss-reactive ketones (excluding diaryl/α,β-unsaturated/α-hetero) is 2. The molecular weight excluding hydrogens is 530 g/mol. The molecule has 2 heterocycles. The molecule has 6 N–H and O–H groups in total. The minimum atomic E-state index is -2.66. The Morgan fingerprint density at radius 2 is 1.83 bits per heavy atom. The fraction of sp³-hybridized carbons (Fsp3) is 0.433. The van der Waals surface area contributed by atoms with Gasteiger partial charge < -0.3 is 30.6 Å². The number of carbonyl (C=O) groups excluding carboxylic acids is 3. The van der Waals surface area contributed by atoms with Crippen LogP contribution in [0.2, 0.25) is 0 Å². The van der Waals surface area contributed by atoms with Gasteiger partial charge in [-0.25, -0.2) is 0 Å². The first-order chi connectivity index (χ1) is 19.4. The number of likely N-dealkylation sites (N-methyl/N-ethyl adjacent to an activating group) is 1. The second-order valence-electron chi connectivity index (χ2n) is 11.7. The number of phenols is 1. The molecule has 1 saturated carbocycles. The molecule has 2 fully saturated rings. The lowest BCUT2D eigenvalue weighted by Gasteiger charge is -2.50. The van der Waals surface area contributed by atoms with E-state index in [2.05, 4.69) is 4.90 Å². The van der Waals surface area contributed by atoms with Crippen molar-refractivity contribution in [3.05, 3.63) is 58.1 Å². The maximum absolute atomic E-state index is 14.0. The van der Waals surface area contributed by atoms with Crippen molar-refractivity contribution in [2.75, 3.05) is 27.2 Å². The van der Waals surface area contributed by atoms with Gasteiger partial charge >= 0.3 is 0 Å². The van der Waals surface area contributed by atoms with Crippen LogP contribution >= 0.6 is 0 Å². The van der Waals surface area contributed by atoms with Crippen LogP contribution in [0.4, 0.5) is 0 Å². The maximum atomic E-state index is 14.0. The lowest BCUT2D eigenvalue weighted by atomic mass is 9.57.